The van der Waals surface area contributed by atoms with Gasteiger partial charge in [0, 0.05) is 19.6 Å². The van der Waals surface area contributed by atoms with E-state index in [0.29, 0.717) is 17.4 Å². The van der Waals surface area contributed by atoms with E-state index < -0.39 is 0 Å². The number of nitrogens with zero attached hydrogens (tertiary/aromatic N) is 3. The van der Waals surface area contributed by atoms with Crippen molar-refractivity contribution in [1.29, 1.82) is 0 Å². The van der Waals surface area contributed by atoms with Gasteiger partial charge in [0.2, 0.25) is 0 Å². The van der Waals surface area contributed by atoms with Crippen LogP contribution in [-0.4, -0.2) is 16.5 Å². The molecule has 2 aromatic carbocycles. The average Bonchev–Trinajstić information content (AvgIpc) is 2.70. The molecule has 1 aromatic heterocycles. The molecule has 0 amide bonds. The Balaban J connectivity index is 1.86. The third-order valence-electron chi connectivity index (χ3n) is 4.61. The summed E-state index contributed by atoms with van der Waals surface area (Å²) < 4.78 is 0. The first kappa shape index (κ1) is 19.7. The Hall–Kier alpha value is -3.08. The van der Waals surface area contributed by atoms with Gasteiger partial charge in [-0.15, -0.1) is 0 Å². The normalized spacial score (nSPS) is 10.8. The van der Waals surface area contributed by atoms with E-state index in [1.807, 2.05) is 12.1 Å². The maximum Gasteiger partial charge on any atom is 0.158 e. The van der Waals surface area contributed by atoms with Gasteiger partial charge in [-0.25, -0.2) is 9.97 Å². The number of aromatic nitrogens is 2. The molecule has 3 N–H and O–H groups in total. The number of nitrogen functional groups attached to an aromatic ring is 1. The van der Waals surface area contributed by atoms with Gasteiger partial charge in [0.25, 0.3) is 0 Å². The van der Waals surface area contributed by atoms with Crippen LogP contribution in [0.25, 0.3) is 0 Å². The highest BCUT2D eigenvalue weighted by molar-refractivity contribution is 5.75. The van der Waals surface area contributed by atoms with E-state index >= 15 is 0 Å². The first-order valence-corrected chi connectivity index (χ1v) is 9.80. The van der Waals surface area contributed by atoms with Gasteiger partial charge in [-0.3, -0.25) is 0 Å². The molecule has 0 bridgehead atoms. The van der Waals surface area contributed by atoms with Gasteiger partial charge in [-0.1, -0.05) is 74.5 Å². The highest BCUT2D eigenvalue weighted by Gasteiger charge is 2.16. The Bertz CT molecular complexity index is 808. The molecule has 0 spiro atoms. The second kappa shape index (κ2) is 9.74. The van der Waals surface area contributed by atoms with E-state index in [9.17, 15) is 0 Å². The molecule has 3 rings (SSSR count). The van der Waals surface area contributed by atoms with E-state index in [-0.39, 0.29) is 0 Å². The lowest BCUT2D eigenvalue weighted by Gasteiger charge is -2.26. The number of hydrogen-bond donors (Lipinski definition) is 2. The van der Waals surface area contributed by atoms with Crippen LogP contribution in [0.15, 0.2) is 67.0 Å². The van der Waals surface area contributed by atoms with Crippen molar-refractivity contribution < 1.29 is 0 Å². The number of anilines is 3. The molecule has 0 unspecified atom stereocenters. The van der Waals surface area contributed by atoms with Gasteiger partial charge in [-0.05, 0) is 23.5 Å². The van der Waals surface area contributed by atoms with E-state index in [0.717, 1.165) is 31.9 Å². The maximum atomic E-state index is 6.48. The molecule has 3 aromatic rings. The minimum absolute atomic E-state index is 0.595. The summed E-state index contributed by atoms with van der Waals surface area (Å²) in [5, 5.41) is 3.36. The van der Waals surface area contributed by atoms with Gasteiger partial charge >= 0.3 is 0 Å². The zero-order valence-electron chi connectivity index (χ0n) is 16.7. The number of nitrogens with two attached hydrogens (primary N) is 1. The smallest absolute Gasteiger partial charge is 0.158 e. The second-order valence-corrected chi connectivity index (χ2v) is 7.40. The van der Waals surface area contributed by atoms with Crippen LogP contribution < -0.4 is 16.0 Å². The Labute approximate surface area is 167 Å². The van der Waals surface area contributed by atoms with Gasteiger partial charge < -0.3 is 16.0 Å². The monoisotopic (exact) mass is 375 g/mol. The average molecular weight is 376 g/mol. The molecule has 0 aliphatic rings. The summed E-state index contributed by atoms with van der Waals surface area (Å²) >= 11 is 0. The molecule has 0 aliphatic heterocycles. The topological polar surface area (TPSA) is 67.1 Å². The third-order valence-corrected chi connectivity index (χ3v) is 4.61. The maximum absolute atomic E-state index is 6.48. The number of hydrogen-bond acceptors (Lipinski definition) is 5. The fourth-order valence-corrected chi connectivity index (χ4v) is 3.07. The SMILES string of the molecule is CC(C)CCNc1ncnc(N(Cc2ccccc2)Cc2ccccc2)c1N. The summed E-state index contributed by atoms with van der Waals surface area (Å²) in [5.74, 6) is 2.09. The fraction of sp³-hybridized carbons (Fsp3) is 0.304. The zero-order chi connectivity index (χ0) is 19.8. The molecule has 0 saturated carbocycles. The van der Waals surface area contributed by atoms with E-state index in [1.165, 1.54) is 11.1 Å². The minimum Gasteiger partial charge on any atom is -0.393 e. The van der Waals surface area contributed by atoms with E-state index in [4.69, 9.17) is 5.73 Å². The summed E-state index contributed by atoms with van der Waals surface area (Å²) in [4.78, 5) is 11.1. The van der Waals surface area contributed by atoms with Gasteiger partial charge in [-0.2, -0.15) is 0 Å². The van der Waals surface area contributed by atoms with Crippen molar-refractivity contribution in [2.24, 2.45) is 5.92 Å². The number of nitrogens with one attached hydrogen (secondary N) is 1. The largest absolute Gasteiger partial charge is 0.393 e. The van der Waals surface area contributed by atoms with Crippen LogP contribution in [0.2, 0.25) is 0 Å². The van der Waals surface area contributed by atoms with Gasteiger partial charge in [0.1, 0.15) is 12.0 Å². The predicted molar refractivity (Wildman–Crippen MR) is 117 cm³/mol. The molecule has 0 aliphatic carbocycles. The second-order valence-electron chi connectivity index (χ2n) is 7.40. The lowest BCUT2D eigenvalue weighted by molar-refractivity contribution is 0.606. The highest BCUT2D eigenvalue weighted by Crippen LogP contribution is 2.28. The summed E-state index contributed by atoms with van der Waals surface area (Å²) in [6.45, 7) is 6.70. The quantitative estimate of drug-likeness (QED) is 0.566. The Morgan fingerprint density at radius 2 is 1.46 bits per heavy atom. The highest BCUT2D eigenvalue weighted by atomic mass is 15.2. The van der Waals surface area contributed by atoms with Crippen molar-refractivity contribution in [2.75, 3.05) is 22.5 Å². The third kappa shape index (κ3) is 5.46. The molecule has 0 radical (unpaired) electrons. The Kier molecular flexibility index (Phi) is 6.84. The molecule has 0 atom stereocenters. The Morgan fingerprint density at radius 3 is 2.00 bits per heavy atom. The first-order chi connectivity index (χ1) is 13.6. The zero-order valence-corrected chi connectivity index (χ0v) is 16.7. The molecule has 5 heteroatoms. The first-order valence-electron chi connectivity index (χ1n) is 9.80. The van der Waals surface area contributed by atoms with Crippen LogP contribution in [0.1, 0.15) is 31.4 Å². The van der Waals surface area contributed by atoms with Crippen molar-refractivity contribution in [3.05, 3.63) is 78.1 Å². The van der Waals surface area contributed by atoms with Crippen molar-refractivity contribution in [2.45, 2.75) is 33.4 Å². The molecular formula is C23H29N5. The van der Waals surface area contributed by atoms with Crippen molar-refractivity contribution in [3.8, 4) is 0 Å². The van der Waals surface area contributed by atoms with Gasteiger partial charge in [0.15, 0.2) is 11.6 Å². The molecule has 146 valence electrons. The number of rotatable bonds is 9. The van der Waals surface area contributed by atoms with Crippen LogP contribution in [0.4, 0.5) is 17.3 Å². The molecule has 28 heavy (non-hydrogen) atoms. The summed E-state index contributed by atoms with van der Waals surface area (Å²) in [7, 11) is 0. The molecule has 0 fully saturated rings. The molecular weight excluding hydrogens is 346 g/mol. The summed E-state index contributed by atoms with van der Waals surface area (Å²) in [6.07, 6.45) is 2.66. The lowest BCUT2D eigenvalue weighted by Crippen LogP contribution is -2.25. The van der Waals surface area contributed by atoms with E-state index in [2.05, 4.69) is 82.6 Å². The summed E-state index contributed by atoms with van der Waals surface area (Å²) in [6, 6.07) is 20.8. The standard InChI is InChI=1S/C23H29N5/c1-18(2)13-14-25-22-21(24)23(27-17-26-22)28(15-19-9-5-3-6-10-19)16-20-11-7-4-8-12-20/h3-12,17-18H,13-16,24H2,1-2H3,(H,25,26,27). The molecule has 1 heterocycles. The van der Waals surface area contributed by atoms with Crippen molar-refractivity contribution >= 4 is 17.3 Å². The Morgan fingerprint density at radius 1 is 0.893 bits per heavy atom. The van der Waals surface area contributed by atoms with Crippen LogP contribution in [0.3, 0.4) is 0 Å². The van der Waals surface area contributed by atoms with Crippen LogP contribution in [0, 0.1) is 5.92 Å². The van der Waals surface area contributed by atoms with E-state index in [1.54, 1.807) is 6.33 Å². The van der Waals surface area contributed by atoms with Crippen molar-refractivity contribution in [3.63, 3.8) is 0 Å². The molecule has 0 saturated heterocycles. The fourth-order valence-electron chi connectivity index (χ4n) is 3.07. The van der Waals surface area contributed by atoms with Crippen LogP contribution in [-0.2, 0) is 13.1 Å². The minimum atomic E-state index is 0.595. The predicted octanol–water partition coefficient (Wildman–Crippen LogP) is 4.72. The number of benzene rings is 2. The van der Waals surface area contributed by atoms with Crippen LogP contribution >= 0.6 is 0 Å². The van der Waals surface area contributed by atoms with Gasteiger partial charge in [0.05, 0.1) is 0 Å². The van der Waals surface area contributed by atoms with Crippen molar-refractivity contribution in [1.82, 2.24) is 9.97 Å². The summed E-state index contributed by atoms with van der Waals surface area (Å²) in [5.41, 5.74) is 9.50. The molecule has 5 nitrogen and oxygen atoms in total. The van der Waals surface area contributed by atoms with Crippen LogP contribution in [0.5, 0.6) is 0 Å². The lowest BCUT2D eigenvalue weighted by atomic mass is 10.1.